The van der Waals surface area contributed by atoms with Gasteiger partial charge in [-0.05, 0) is 114 Å². The van der Waals surface area contributed by atoms with E-state index in [1.807, 2.05) is 163 Å². The van der Waals surface area contributed by atoms with Gasteiger partial charge in [0.05, 0.1) is 0 Å². The van der Waals surface area contributed by atoms with Crippen LogP contribution >= 0.6 is 17.2 Å². The Kier molecular flexibility index (Phi) is 11.2. The molecule has 0 bridgehead atoms. The number of rotatable bonds is 13. The molecule has 0 spiro atoms. The van der Waals surface area contributed by atoms with E-state index in [1.54, 1.807) is 0 Å². The third kappa shape index (κ3) is 9.57. The number of hydrogen-bond acceptors (Lipinski definition) is 6. The molecule has 0 heterocycles. The van der Waals surface area contributed by atoms with Crippen LogP contribution in [0.2, 0.25) is 0 Å². The van der Waals surface area contributed by atoms with E-state index in [4.69, 9.17) is 27.1 Å². The van der Waals surface area contributed by atoms with Crippen molar-refractivity contribution >= 4 is 17.2 Å². The molecule has 6 rings (SSSR count). The molecule has 0 unspecified atom stereocenters. The van der Waals surface area contributed by atoms with Gasteiger partial charge in [0.1, 0.15) is 34.5 Å². The topological polar surface area (TPSA) is 55.4 Å². The standard InChI is InChI=1S/C42H40O6P2/c1-29-7-17-35(18-8-29)43-49(44-36-19-9-30(2)10-20-36)47-41-25-15-33(5)27-39(41)40-28-34(6)16-26-42(40)48-50(45-37-21-11-31(3)12-22-37)46-38-23-13-32(4)14-24-38/h7-28H,1-6H3. The minimum atomic E-state index is -1.92. The van der Waals surface area contributed by atoms with Crippen LogP contribution in [-0.4, -0.2) is 0 Å². The van der Waals surface area contributed by atoms with Gasteiger partial charge in [0, 0.05) is 11.1 Å². The second-order valence-corrected chi connectivity index (χ2v) is 14.2. The van der Waals surface area contributed by atoms with E-state index in [1.165, 1.54) is 0 Å². The van der Waals surface area contributed by atoms with Crippen molar-refractivity contribution in [1.29, 1.82) is 0 Å². The molecule has 0 radical (unpaired) electrons. The van der Waals surface area contributed by atoms with E-state index < -0.39 is 17.2 Å². The molecule has 8 heteroatoms. The molecule has 0 N–H and O–H groups in total. The van der Waals surface area contributed by atoms with Crippen LogP contribution in [0.25, 0.3) is 11.1 Å². The third-order valence-electron chi connectivity index (χ3n) is 7.71. The van der Waals surface area contributed by atoms with Gasteiger partial charge in [-0.15, -0.1) is 0 Å². The molecule has 0 aliphatic rings. The van der Waals surface area contributed by atoms with Crippen LogP contribution in [0.3, 0.4) is 0 Å². The number of benzene rings is 6. The van der Waals surface area contributed by atoms with Gasteiger partial charge in [-0.1, -0.05) is 94.0 Å². The molecule has 6 aromatic rings. The Labute approximate surface area is 297 Å². The van der Waals surface area contributed by atoms with Crippen LogP contribution in [0.15, 0.2) is 133 Å². The second kappa shape index (κ2) is 16.1. The molecule has 0 amide bonds. The summed E-state index contributed by atoms with van der Waals surface area (Å²) < 4.78 is 38.7. The van der Waals surface area contributed by atoms with Crippen LogP contribution in [-0.2, 0) is 0 Å². The fourth-order valence-electron chi connectivity index (χ4n) is 4.88. The third-order valence-corrected chi connectivity index (χ3v) is 9.84. The molecule has 0 saturated carbocycles. The highest BCUT2D eigenvalue weighted by atomic mass is 31.2. The predicted octanol–water partition coefficient (Wildman–Crippen LogP) is 12.7. The van der Waals surface area contributed by atoms with Gasteiger partial charge in [-0.3, -0.25) is 0 Å². The summed E-state index contributed by atoms with van der Waals surface area (Å²) >= 11 is 0. The van der Waals surface area contributed by atoms with E-state index in [9.17, 15) is 0 Å². The maximum atomic E-state index is 6.64. The van der Waals surface area contributed by atoms with Crippen molar-refractivity contribution in [2.75, 3.05) is 0 Å². The van der Waals surface area contributed by atoms with E-state index in [-0.39, 0.29) is 0 Å². The summed E-state index contributed by atoms with van der Waals surface area (Å²) in [6.45, 7) is 12.2. The molecule has 6 aromatic carbocycles. The average molecular weight is 703 g/mol. The highest BCUT2D eigenvalue weighted by Gasteiger charge is 2.26. The first-order valence-electron chi connectivity index (χ1n) is 16.3. The number of hydrogen-bond donors (Lipinski definition) is 0. The van der Waals surface area contributed by atoms with Gasteiger partial charge in [-0.25, -0.2) is 0 Å². The van der Waals surface area contributed by atoms with Gasteiger partial charge < -0.3 is 27.1 Å². The van der Waals surface area contributed by atoms with Gasteiger partial charge in [0.25, 0.3) is 0 Å². The molecular formula is C42H40O6P2. The van der Waals surface area contributed by atoms with E-state index in [2.05, 4.69) is 12.1 Å². The molecule has 50 heavy (non-hydrogen) atoms. The van der Waals surface area contributed by atoms with Crippen molar-refractivity contribution in [2.24, 2.45) is 0 Å². The van der Waals surface area contributed by atoms with Crippen molar-refractivity contribution < 1.29 is 27.1 Å². The lowest BCUT2D eigenvalue weighted by Gasteiger charge is -2.22. The van der Waals surface area contributed by atoms with Crippen LogP contribution < -0.4 is 27.1 Å². The zero-order chi connectivity index (χ0) is 35.0. The largest absolute Gasteiger partial charge is 0.530 e. The first kappa shape index (κ1) is 34.8. The van der Waals surface area contributed by atoms with Crippen LogP contribution in [0.5, 0.6) is 34.5 Å². The molecule has 0 aliphatic carbocycles. The summed E-state index contributed by atoms with van der Waals surface area (Å²) in [5.74, 6) is 3.76. The maximum absolute atomic E-state index is 6.64. The Morgan fingerprint density at radius 2 is 0.520 bits per heavy atom. The summed E-state index contributed by atoms with van der Waals surface area (Å²) in [5, 5.41) is 0. The first-order valence-corrected chi connectivity index (χ1v) is 18.5. The summed E-state index contributed by atoms with van der Waals surface area (Å²) in [7, 11) is -3.83. The highest BCUT2D eigenvalue weighted by molar-refractivity contribution is 7.43. The predicted molar refractivity (Wildman–Crippen MR) is 204 cm³/mol. The maximum Gasteiger partial charge on any atom is 0.530 e. The molecule has 254 valence electrons. The molecule has 0 aliphatic heterocycles. The van der Waals surface area contributed by atoms with E-state index in [0.29, 0.717) is 34.5 Å². The SMILES string of the molecule is Cc1ccc(OP(Oc2ccc(C)cc2)Oc2ccc(C)cc2-c2cc(C)ccc2OP(Oc2ccc(C)cc2)Oc2ccc(C)cc2)cc1. The van der Waals surface area contributed by atoms with Gasteiger partial charge >= 0.3 is 17.2 Å². The molecule has 0 saturated heterocycles. The van der Waals surface area contributed by atoms with Crippen LogP contribution in [0.1, 0.15) is 33.4 Å². The zero-order valence-electron chi connectivity index (χ0n) is 29.0. The first-order chi connectivity index (χ1) is 24.2. The summed E-state index contributed by atoms with van der Waals surface area (Å²) in [5.41, 5.74) is 8.27. The minimum absolute atomic E-state index is 0.583. The quantitative estimate of drug-likeness (QED) is 0.112. The lowest BCUT2D eigenvalue weighted by atomic mass is 10.00. The van der Waals surface area contributed by atoms with E-state index in [0.717, 1.165) is 44.5 Å². The molecule has 6 nitrogen and oxygen atoms in total. The molecule has 0 fully saturated rings. The van der Waals surface area contributed by atoms with Crippen molar-refractivity contribution in [1.82, 2.24) is 0 Å². The lowest BCUT2D eigenvalue weighted by Crippen LogP contribution is -2.05. The smallest absolute Gasteiger partial charge is 0.409 e. The average Bonchev–Trinajstić information content (AvgIpc) is 3.10. The fraction of sp³-hybridized carbons (Fsp3) is 0.143. The lowest BCUT2D eigenvalue weighted by molar-refractivity contribution is 0.385. The van der Waals surface area contributed by atoms with Crippen LogP contribution in [0.4, 0.5) is 0 Å². The summed E-state index contributed by atoms with van der Waals surface area (Å²) in [4.78, 5) is 0. The summed E-state index contributed by atoms with van der Waals surface area (Å²) in [6.07, 6.45) is 0. The van der Waals surface area contributed by atoms with Gasteiger partial charge in [0.2, 0.25) is 0 Å². The Bertz CT molecular complexity index is 1770. The molecule has 0 atom stereocenters. The second-order valence-electron chi connectivity index (χ2n) is 12.2. The number of aryl methyl sites for hydroxylation is 6. The zero-order valence-corrected chi connectivity index (χ0v) is 30.8. The summed E-state index contributed by atoms with van der Waals surface area (Å²) in [6, 6.07) is 43.4. The highest BCUT2D eigenvalue weighted by Crippen LogP contribution is 2.50. The Morgan fingerprint density at radius 1 is 0.280 bits per heavy atom. The van der Waals surface area contributed by atoms with Crippen molar-refractivity contribution in [3.63, 3.8) is 0 Å². The van der Waals surface area contributed by atoms with E-state index >= 15 is 0 Å². The Morgan fingerprint density at radius 3 is 0.780 bits per heavy atom. The minimum Gasteiger partial charge on any atom is -0.409 e. The Hall–Kier alpha value is -5.02. The van der Waals surface area contributed by atoms with Crippen molar-refractivity contribution in [3.8, 4) is 45.6 Å². The monoisotopic (exact) mass is 702 g/mol. The normalized spacial score (nSPS) is 11.0. The van der Waals surface area contributed by atoms with Crippen molar-refractivity contribution in [3.05, 3.63) is 167 Å². The van der Waals surface area contributed by atoms with Gasteiger partial charge in [-0.2, -0.15) is 0 Å². The van der Waals surface area contributed by atoms with Crippen LogP contribution in [0, 0.1) is 41.5 Å². The Balaban J connectivity index is 1.35. The molecular weight excluding hydrogens is 662 g/mol. The molecule has 0 aromatic heterocycles. The van der Waals surface area contributed by atoms with Crippen molar-refractivity contribution in [2.45, 2.75) is 41.5 Å². The fourth-order valence-corrected chi connectivity index (χ4v) is 6.92. The van der Waals surface area contributed by atoms with Gasteiger partial charge in [0.15, 0.2) is 0 Å².